The van der Waals surface area contributed by atoms with Gasteiger partial charge in [0.05, 0.1) is 12.2 Å². The zero-order valence-corrected chi connectivity index (χ0v) is 11.6. The van der Waals surface area contributed by atoms with Gasteiger partial charge in [-0.3, -0.25) is 0 Å². The van der Waals surface area contributed by atoms with Crippen molar-refractivity contribution in [2.75, 3.05) is 13.7 Å². The first kappa shape index (κ1) is 14.2. The lowest BCUT2D eigenvalue weighted by molar-refractivity contribution is -0.0637. The standard InChI is InChI=1S/C15H24O2/c1-11(2)15(16,10-17-5)9-14-7-6-12(3)13(4)8-14/h6-8,11,16H,9-10H2,1-5H3. The van der Waals surface area contributed by atoms with Crippen LogP contribution in [0, 0.1) is 19.8 Å². The summed E-state index contributed by atoms with van der Waals surface area (Å²) in [5.74, 6) is 0.170. The molecule has 0 saturated carbocycles. The molecule has 0 aliphatic carbocycles. The number of hydrogen-bond donors (Lipinski definition) is 1. The van der Waals surface area contributed by atoms with E-state index in [4.69, 9.17) is 4.74 Å². The van der Waals surface area contributed by atoms with Crippen LogP contribution in [-0.4, -0.2) is 24.4 Å². The highest BCUT2D eigenvalue weighted by Gasteiger charge is 2.31. The molecule has 96 valence electrons. The van der Waals surface area contributed by atoms with Gasteiger partial charge in [-0.25, -0.2) is 0 Å². The van der Waals surface area contributed by atoms with E-state index in [0.717, 1.165) is 0 Å². The number of benzene rings is 1. The first-order valence-corrected chi connectivity index (χ1v) is 6.16. The fourth-order valence-corrected chi connectivity index (χ4v) is 1.94. The lowest BCUT2D eigenvalue weighted by atomic mass is 9.84. The van der Waals surface area contributed by atoms with Crippen LogP contribution in [0.25, 0.3) is 0 Å². The highest BCUT2D eigenvalue weighted by molar-refractivity contribution is 5.30. The van der Waals surface area contributed by atoms with E-state index in [1.165, 1.54) is 16.7 Å². The Labute approximate surface area is 105 Å². The van der Waals surface area contributed by atoms with Crippen LogP contribution in [0.15, 0.2) is 18.2 Å². The summed E-state index contributed by atoms with van der Waals surface area (Å²) in [6.45, 7) is 8.63. The second-order valence-corrected chi connectivity index (χ2v) is 5.29. The normalized spacial score (nSPS) is 15.0. The summed E-state index contributed by atoms with van der Waals surface area (Å²) < 4.78 is 5.14. The third-order valence-electron chi connectivity index (χ3n) is 3.55. The number of ether oxygens (including phenoxy) is 1. The highest BCUT2D eigenvalue weighted by atomic mass is 16.5. The maximum atomic E-state index is 10.6. The first-order valence-electron chi connectivity index (χ1n) is 6.16. The molecule has 1 aromatic carbocycles. The van der Waals surface area contributed by atoms with Crippen molar-refractivity contribution in [2.24, 2.45) is 5.92 Å². The molecular weight excluding hydrogens is 212 g/mol. The van der Waals surface area contributed by atoms with Crippen LogP contribution in [0.3, 0.4) is 0 Å². The Kier molecular flexibility index (Phi) is 4.72. The Morgan fingerprint density at radius 2 is 1.88 bits per heavy atom. The van der Waals surface area contributed by atoms with Crippen LogP contribution in [0.5, 0.6) is 0 Å². The van der Waals surface area contributed by atoms with Gasteiger partial charge >= 0.3 is 0 Å². The summed E-state index contributed by atoms with van der Waals surface area (Å²) in [4.78, 5) is 0. The van der Waals surface area contributed by atoms with Crippen molar-refractivity contribution in [3.05, 3.63) is 34.9 Å². The molecule has 2 nitrogen and oxygen atoms in total. The van der Waals surface area contributed by atoms with E-state index in [2.05, 4.69) is 32.0 Å². The monoisotopic (exact) mass is 236 g/mol. The van der Waals surface area contributed by atoms with Crippen molar-refractivity contribution >= 4 is 0 Å². The van der Waals surface area contributed by atoms with E-state index in [0.29, 0.717) is 13.0 Å². The second kappa shape index (κ2) is 5.65. The van der Waals surface area contributed by atoms with E-state index < -0.39 is 5.60 Å². The molecule has 0 saturated heterocycles. The molecule has 1 atom stereocenters. The molecule has 0 bridgehead atoms. The molecule has 1 N–H and O–H groups in total. The van der Waals surface area contributed by atoms with Gasteiger partial charge in [0.25, 0.3) is 0 Å². The third kappa shape index (κ3) is 3.55. The Hall–Kier alpha value is -0.860. The fraction of sp³-hybridized carbons (Fsp3) is 0.600. The third-order valence-corrected chi connectivity index (χ3v) is 3.55. The molecule has 0 spiro atoms. The number of hydrogen-bond acceptors (Lipinski definition) is 2. The predicted molar refractivity (Wildman–Crippen MR) is 71.3 cm³/mol. The lowest BCUT2D eigenvalue weighted by Crippen LogP contribution is -2.42. The van der Waals surface area contributed by atoms with Crippen LogP contribution < -0.4 is 0 Å². The molecule has 1 aromatic rings. The number of aryl methyl sites for hydroxylation is 2. The first-order chi connectivity index (χ1) is 7.89. The van der Waals surface area contributed by atoms with Crippen molar-refractivity contribution in [3.8, 4) is 0 Å². The Balaban J connectivity index is 2.90. The summed E-state index contributed by atoms with van der Waals surface area (Å²) in [5.41, 5.74) is 2.94. The van der Waals surface area contributed by atoms with Gasteiger partial charge in [-0.2, -0.15) is 0 Å². The van der Waals surface area contributed by atoms with Crippen molar-refractivity contribution in [2.45, 2.75) is 39.7 Å². The molecule has 0 aromatic heterocycles. The molecular formula is C15H24O2. The van der Waals surface area contributed by atoms with Crippen LogP contribution in [0.1, 0.15) is 30.5 Å². The molecule has 0 fully saturated rings. The second-order valence-electron chi connectivity index (χ2n) is 5.29. The minimum atomic E-state index is -0.781. The van der Waals surface area contributed by atoms with E-state index in [1.807, 2.05) is 13.8 Å². The molecule has 1 unspecified atom stereocenters. The molecule has 2 heteroatoms. The molecule has 0 radical (unpaired) electrons. The van der Waals surface area contributed by atoms with E-state index in [1.54, 1.807) is 7.11 Å². The number of aliphatic hydroxyl groups is 1. The van der Waals surface area contributed by atoms with Crippen molar-refractivity contribution in [1.82, 2.24) is 0 Å². The van der Waals surface area contributed by atoms with Crippen molar-refractivity contribution < 1.29 is 9.84 Å². The van der Waals surface area contributed by atoms with Crippen molar-refractivity contribution in [3.63, 3.8) is 0 Å². The van der Waals surface area contributed by atoms with Crippen LogP contribution in [-0.2, 0) is 11.2 Å². The summed E-state index contributed by atoms with van der Waals surface area (Å²) in [6.07, 6.45) is 0.639. The summed E-state index contributed by atoms with van der Waals surface area (Å²) in [6, 6.07) is 6.35. The minimum Gasteiger partial charge on any atom is -0.387 e. The average Bonchev–Trinajstić information content (AvgIpc) is 2.23. The maximum Gasteiger partial charge on any atom is 0.0942 e. The summed E-state index contributed by atoms with van der Waals surface area (Å²) in [7, 11) is 1.63. The van der Waals surface area contributed by atoms with Gasteiger partial charge in [-0.05, 0) is 36.5 Å². The Bertz CT molecular complexity index is 371. The summed E-state index contributed by atoms with van der Waals surface area (Å²) >= 11 is 0. The van der Waals surface area contributed by atoms with Crippen LogP contribution >= 0.6 is 0 Å². The van der Waals surface area contributed by atoms with Crippen molar-refractivity contribution in [1.29, 1.82) is 0 Å². The molecule has 0 aliphatic heterocycles. The lowest BCUT2D eigenvalue weighted by Gasteiger charge is -2.31. The smallest absolute Gasteiger partial charge is 0.0942 e. The Morgan fingerprint density at radius 3 is 2.35 bits per heavy atom. The quantitative estimate of drug-likeness (QED) is 0.852. The van der Waals surface area contributed by atoms with Gasteiger partial charge in [-0.1, -0.05) is 32.0 Å². The van der Waals surface area contributed by atoms with E-state index in [9.17, 15) is 5.11 Å². The average molecular weight is 236 g/mol. The largest absolute Gasteiger partial charge is 0.387 e. The van der Waals surface area contributed by atoms with Gasteiger partial charge in [0.1, 0.15) is 0 Å². The molecule has 0 amide bonds. The predicted octanol–water partition coefficient (Wildman–Crippen LogP) is 2.88. The van der Waals surface area contributed by atoms with Gasteiger partial charge in [-0.15, -0.1) is 0 Å². The number of rotatable bonds is 5. The molecule has 17 heavy (non-hydrogen) atoms. The zero-order chi connectivity index (χ0) is 13.1. The fourth-order valence-electron chi connectivity index (χ4n) is 1.94. The maximum absolute atomic E-state index is 10.6. The van der Waals surface area contributed by atoms with Gasteiger partial charge in [0.2, 0.25) is 0 Å². The Morgan fingerprint density at radius 1 is 1.24 bits per heavy atom. The minimum absolute atomic E-state index is 0.170. The topological polar surface area (TPSA) is 29.5 Å². The van der Waals surface area contributed by atoms with Crippen LogP contribution in [0.2, 0.25) is 0 Å². The summed E-state index contributed by atoms with van der Waals surface area (Å²) in [5, 5.41) is 10.6. The number of methoxy groups -OCH3 is 1. The highest BCUT2D eigenvalue weighted by Crippen LogP contribution is 2.24. The van der Waals surface area contributed by atoms with Crippen LogP contribution in [0.4, 0.5) is 0 Å². The van der Waals surface area contributed by atoms with E-state index >= 15 is 0 Å². The van der Waals surface area contributed by atoms with Gasteiger partial charge in [0.15, 0.2) is 0 Å². The van der Waals surface area contributed by atoms with E-state index in [-0.39, 0.29) is 5.92 Å². The molecule has 0 heterocycles. The molecule has 0 aliphatic rings. The molecule has 1 rings (SSSR count). The SMILES string of the molecule is COCC(O)(Cc1ccc(C)c(C)c1)C(C)C. The van der Waals surface area contributed by atoms with Gasteiger partial charge < -0.3 is 9.84 Å². The van der Waals surface area contributed by atoms with Gasteiger partial charge in [0, 0.05) is 13.5 Å². The zero-order valence-electron chi connectivity index (χ0n) is 11.6.